The molecule has 4 rings (SSSR count). The zero-order chi connectivity index (χ0) is 19.6. The molecule has 0 radical (unpaired) electrons. The van der Waals surface area contributed by atoms with Crippen LogP contribution in [0.2, 0.25) is 0 Å². The lowest BCUT2D eigenvalue weighted by Crippen LogP contribution is -2.14. The smallest absolute Gasteiger partial charge is 0.261 e. The lowest BCUT2D eigenvalue weighted by molar-refractivity contribution is 0.386. The van der Waals surface area contributed by atoms with Crippen molar-refractivity contribution in [3.63, 3.8) is 0 Å². The zero-order valence-electron chi connectivity index (χ0n) is 14.4. The minimum Gasteiger partial charge on any atom is -0.339 e. The van der Waals surface area contributed by atoms with Crippen molar-refractivity contribution in [3.8, 4) is 10.7 Å². The van der Waals surface area contributed by atoms with Crippen molar-refractivity contribution in [2.75, 3.05) is 4.72 Å². The summed E-state index contributed by atoms with van der Waals surface area (Å²) in [5.41, 5.74) is 1.07. The number of anilines is 1. The van der Waals surface area contributed by atoms with Crippen LogP contribution in [-0.4, -0.2) is 18.6 Å². The normalized spacial score (nSPS) is 11.5. The minimum atomic E-state index is -3.86. The molecule has 0 aliphatic rings. The van der Waals surface area contributed by atoms with Gasteiger partial charge in [-0.15, -0.1) is 11.3 Å². The number of benzene rings is 2. The maximum atomic E-state index is 13.1. The second-order valence-corrected chi connectivity index (χ2v) is 8.51. The molecule has 0 fully saturated rings. The second-order valence-electron chi connectivity index (χ2n) is 5.88. The topological polar surface area (TPSA) is 85.1 Å². The average Bonchev–Trinajstić information content (AvgIpc) is 3.35. The van der Waals surface area contributed by atoms with E-state index in [1.165, 1.54) is 23.5 Å². The highest BCUT2D eigenvalue weighted by Gasteiger charge is 2.17. The Labute approximate surface area is 164 Å². The van der Waals surface area contributed by atoms with E-state index in [0.29, 0.717) is 23.0 Å². The fourth-order valence-corrected chi connectivity index (χ4v) is 4.34. The summed E-state index contributed by atoms with van der Waals surface area (Å²) in [5.74, 6) is 0.364. The molecule has 0 atom stereocenters. The predicted octanol–water partition coefficient (Wildman–Crippen LogP) is 4.33. The van der Waals surface area contributed by atoms with Crippen LogP contribution in [0, 0.1) is 5.82 Å². The number of hydrogen-bond acceptors (Lipinski definition) is 6. The number of nitrogens with zero attached hydrogens (tertiary/aromatic N) is 2. The lowest BCUT2D eigenvalue weighted by atomic mass is 10.1. The summed E-state index contributed by atoms with van der Waals surface area (Å²) in [7, 11) is -3.86. The molecule has 0 spiro atoms. The maximum absolute atomic E-state index is 13.1. The fourth-order valence-electron chi connectivity index (χ4n) is 2.59. The van der Waals surface area contributed by atoms with Crippen molar-refractivity contribution in [2.24, 2.45) is 0 Å². The first kappa shape index (κ1) is 18.3. The van der Waals surface area contributed by atoms with Crippen molar-refractivity contribution in [1.29, 1.82) is 0 Å². The first-order chi connectivity index (χ1) is 13.5. The van der Waals surface area contributed by atoms with Crippen LogP contribution in [-0.2, 0) is 16.4 Å². The summed E-state index contributed by atoms with van der Waals surface area (Å²) >= 11 is 1.50. The third-order valence-electron chi connectivity index (χ3n) is 3.94. The van der Waals surface area contributed by atoms with Crippen LogP contribution in [0.4, 0.5) is 10.1 Å². The highest BCUT2D eigenvalue weighted by Crippen LogP contribution is 2.25. The van der Waals surface area contributed by atoms with Crippen LogP contribution in [0.25, 0.3) is 10.7 Å². The monoisotopic (exact) mass is 415 g/mol. The number of para-hydroxylation sites is 1. The molecule has 2 aromatic heterocycles. The number of halogens is 1. The molecule has 0 bridgehead atoms. The van der Waals surface area contributed by atoms with Gasteiger partial charge in [-0.25, -0.2) is 12.8 Å². The molecule has 0 saturated heterocycles. The van der Waals surface area contributed by atoms with Crippen molar-refractivity contribution in [1.82, 2.24) is 10.1 Å². The third-order valence-corrected chi connectivity index (χ3v) is 6.18. The number of thiophene rings is 1. The molecular formula is C19H14FN3O3S2. The van der Waals surface area contributed by atoms with E-state index in [0.717, 1.165) is 17.0 Å². The van der Waals surface area contributed by atoms with Gasteiger partial charge < -0.3 is 4.52 Å². The van der Waals surface area contributed by atoms with E-state index in [4.69, 9.17) is 4.52 Å². The molecule has 9 heteroatoms. The van der Waals surface area contributed by atoms with Crippen LogP contribution < -0.4 is 4.72 Å². The summed E-state index contributed by atoms with van der Waals surface area (Å²) < 4.78 is 46.1. The van der Waals surface area contributed by atoms with Gasteiger partial charge in [-0.1, -0.05) is 29.4 Å². The Hall–Kier alpha value is -3.04. The molecule has 1 N–H and O–H groups in total. The molecule has 0 amide bonds. The van der Waals surface area contributed by atoms with Gasteiger partial charge in [-0.05, 0) is 47.3 Å². The van der Waals surface area contributed by atoms with Crippen molar-refractivity contribution >= 4 is 27.0 Å². The third kappa shape index (κ3) is 3.95. The largest absolute Gasteiger partial charge is 0.339 e. The predicted molar refractivity (Wildman–Crippen MR) is 104 cm³/mol. The van der Waals surface area contributed by atoms with Gasteiger partial charge in [0.25, 0.3) is 10.0 Å². The van der Waals surface area contributed by atoms with Gasteiger partial charge in [0.1, 0.15) is 5.82 Å². The molecule has 0 saturated carbocycles. The minimum absolute atomic E-state index is 0.0264. The van der Waals surface area contributed by atoms with Gasteiger partial charge in [0.2, 0.25) is 11.7 Å². The van der Waals surface area contributed by atoms with Gasteiger partial charge in [0.05, 0.1) is 21.9 Å². The van der Waals surface area contributed by atoms with E-state index in [-0.39, 0.29) is 11.3 Å². The molecule has 28 heavy (non-hydrogen) atoms. The molecule has 4 aromatic rings. The molecular weight excluding hydrogens is 401 g/mol. The molecule has 2 aromatic carbocycles. The van der Waals surface area contributed by atoms with Gasteiger partial charge in [-0.3, -0.25) is 4.72 Å². The molecule has 0 unspecified atom stereocenters. The summed E-state index contributed by atoms with van der Waals surface area (Å²) in [4.78, 5) is 5.23. The SMILES string of the molecule is O=S(=O)(Nc1ccccc1Cc1nc(-c2cccs2)no1)c1ccc(F)cc1. The van der Waals surface area contributed by atoms with E-state index in [9.17, 15) is 12.8 Å². The summed E-state index contributed by atoms with van der Waals surface area (Å²) in [6.07, 6.45) is 0.264. The van der Waals surface area contributed by atoms with Gasteiger partial charge in [0, 0.05) is 0 Å². The Morgan fingerprint density at radius 1 is 1.04 bits per heavy atom. The number of rotatable bonds is 6. The van der Waals surface area contributed by atoms with Crippen LogP contribution in [0.1, 0.15) is 11.5 Å². The lowest BCUT2D eigenvalue weighted by Gasteiger charge is -2.11. The van der Waals surface area contributed by atoms with E-state index in [1.807, 2.05) is 17.5 Å². The van der Waals surface area contributed by atoms with E-state index in [1.54, 1.807) is 24.3 Å². The summed E-state index contributed by atoms with van der Waals surface area (Å²) in [6.45, 7) is 0. The number of nitrogens with one attached hydrogen (secondary N) is 1. The van der Waals surface area contributed by atoms with E-state index < -0.39 is 15.8 Å². The maximum Gasteiger partial charge on any atom is 0.261 e. The van der Waals surface area contributed by atoms with Crippen LogP contribution in [0.3, 0.4) is 0 Å². The Kier molecular flexibility index (Phi) is 4.93. The van der Waals surface area contributed by atoms with Crippen molar-refractivity contribution < 1.29 is 17.3 Å². The Balaban J connectivity index is 1.58. The van der Waals surface area contributed by atoms with Crippen molar-refractivity contribution in [2.45, 2.75) is 11.3 Å². The molecule has 0 aliphatic heterocycles. The zero-order valence-corrected chi connectivity index (χ0v) is 16.0. The first-order valence-electron chi connectivity index (χ1n) is 8.24. The molecule has 142 valence electrons. The molecule has 6 nitrogen and oxygen atoms in total. The number of hydrogen-bond donors (Lipinski definition) is 1. The Morgan fingerprint density at radius 3 is 2.57 bits per heavy atom. The average molecular weight is 415 g/mol. The van der Waals surface area contributed by atoms with Crippen molar-refractivity contribution in [3.05, 3.63) is 83.3 Å². The fraction of sp³-hybridized carbons (Fsp3) is 0.0526. The molecule has 0 aliphatic carbocycles. The second kappa shape index (κ2) is 7.53. The highest BCUT2D eigenvalue weighted by atomic mass is 32.2. The summed E-state index contributed by atoms with van der Waals surface area (Å²) in [5, 5.41) is 5.89. The van der Waals surface area contributed by atoms with Crippen LogP contribution >= 0.6 is 11.3 Å². The van der Waals surface area contributed by atoms with Crippen LogP contribution in [0.5, 0.6) is 0 Å². The Morgan fingerprint density at radius 2 is 1.82 bits per heavy atom. The van der Waals surface area contributed by atoms with E-state index in [2.05, 4.69) is 14.9 Å². The number of aromatic nitrogens is 2. The highest BCUT2D eigenvalue weighted by molar-refractivity contribution is 7.92. The van der Waals surface area contributed by atoms with Gasteiger partial charge in [0.15, 0.2) is 0 Å². The Bertz CT molecular complexity index is 1190. The first-order valence-corrected chi connectivity index (χ1v) is 10.6. The quantitative estimate of drug-likeness (QED) is 0.507. The molecule has 2 heterocycles. The standard InChI is InChI=1S/C19H14FN3O3S2/c20-14-7-9-15(10-8-14)28(24,25)23-16-5-2-1-4-13(16)12-18-21-19(22-26-18)17-6-3-11-27-17/h1-11,23H,12H2. The van der Waals surface area contributed by atoms with Gasteiger partial charge >= 0.3 is 0 Å². The van der Waals surface area contributed by atoms with E-state index >= 15 is 0 Å². The number of sulfonamides is 1. The van der Waals surface area contributed by atoms with Gasteiger partial charge in [-0.2, -0.15) is 4.98 Å². The summed E-state index contributed by atoms with van der Waals surface area (Å²) in [6, 6.07) is 15.4. The van der Waals surface area contributed by atoms with Crippen LogP contribution in [0.15, 0.2) is 75.5 Å².